The monoisotopic (exact) mass is 234 g/mol. The second kappa shape index (κ2) is 5.37. The number of rotatable bonds is 2. The molecule has 0 unspecified atom stereocenters. The van der Waals surface area contributed by atoms with Crippen molar-refractivity contribution in [3.05, 3.63) is 34.9 Å². The first kappa shape index (κ1) is 10.7. The summed E-state index contributed by atoms with van der Waals surface area (Å²) in [5, 5.41) is 8.19. The Morgan fingerprint density at radius 1 is 1.38 bits per heavy atom. The third-order valence-electron chi connectivity index (χ3n) is 1.38. The highest BCUT2D eigenvalue weighted by molar-refractivity contribution is 8.13. The Balaban J connectivity index is 2.46. The fourth-order valence-corrected chi connectivity index (χ4v) is 1.61. The van der Waals surface area contributed by atoms with Crippen LogP contribution in [0.5, 0.6) is 0 Å². The molecule has 0 atom stereocenters. The minimum Gasteiger partial charge on any atom is -0.278 e. The summed E-state index contributed by atoms with van der Waals surface area (Å²) in [5.74, 6) is 0.718. The molecule has 0 spiro atoms. The molecule has 0 radical (unpaired) electrons. The summed E-state index contributed by atoms with van der Waals surface area (Å²) in [6.07, 6.45) is 0. The van der Waals surface area contributed by atoms with Gasteiger partial charge in [-0.1, -0.05) is 35.5 Å². The first-order chi connectivity index (χ1) is 6.22. The fraction of sp³-hybridized carbons (Fsp3) is 0.125. The molecule has 0 bridgehead atoms. The maximum atomic E-state index is 7.22. The molecule has 1 aromatic rings. The maximum Gasteiger partial charge on any atom is 0.168 e. The van der Waals surface area contributed by atoms with Crippen LogP contribution in [0.3, 0.4) is 0 Å². The lowest BCUT2D eigenvalue weighted by molar-refractivity contribution is 1.39. The lowest BCUT2D eigenvalue weighted by Crippen LogP contribution is -2.05. The number of nitrogens with one attached hydrogen (secondary N) is 2. The first-order valence-corrected chi connectivity index (χ1v) is 5.29. The van der Waals surface area contributed by atoms with Gasteiger partial charge in [0.25, 0.3) is 0 Å². The summed E-state index contributed by atoms with van der Waals surface area (Å²) in [7, 11) is 0. The Labute approximate surface area is 91.2 Å². The molecule has 13 heavy (non-hydrogen) atoms. The quantitative estimate of drug-likeness (QED) is 0.469. The van der Waals surface area contributed by atoms with Gasteiger partial charge in [-0.2, -0.15) is 0 Å². The SMILES string of the molecule is N=C(NCl)SCc1ccc(Cl)cc1. The Morgan fingerprint density at radius 3 is 2.54 bits per heavy atom. The summed E-state index contributed by atoms with van der Waals surface area (Å²) < 4.78 is 0. The number of benzene rings is 1. The largest absolute Gasteiger partial charge is 0.278 e. The second-order valence-electron chi connectivity index (χ2n) is 2.34. The van der Waals surface area contributed by atoms with Gasteiger partial charge >= 0.3 is 0 Å². The summed E-state index contributed by atoms with van der Waals surface area (Å²) in [6.45, 7) is 0. The molecule has 0 fully saturated rings. The molecular weight excluding hydrogens is 227 g/mol. The zero-order chi connectivity index (χ0) is 9.68. The third kappa shape index (κ3) is 3.89. The average molecular weight is 235 g/mol. The maximum absolute atomic E-state index is 7.22. The van der Waals surface area contributed by atoms with Gasteiger partial charge in [0, 0.05) is 22.6 Å². The van der Waals surface area contributed by atoms with Crippen LogP contribution < -0.4 is 4.84 Å². The van der Waals surface area contributed by atoms with Crippen molar-refractivity contribution < 1.29 is 0 Å². The molecule has 0 saturated heterocycles. The van der Waals surface area contributed by atoms with Crippen LogP contribution in [0, 0.1) is 5.41 Å². The van der Waals surface area contributed by atoms with Crippen LogP contribution in [0.15, 0.2) is 24.3 Å². The number of amidine groups is 1. The van der Waals surface area contributed by atoms with Crippen LogP contribution in [0.4, 0.5) is 0 Å². The van der Waals surface area contributed by atoms with Crippen LogP contribution in [-0.2, 0) is 5.75 Å². The number of hydrogen-bond donors (Lipinski definition) is 2. The van der Waals surface area contributed by atoms with Crippen molar-refractivity contribution in [3.8, 4) is 0 Å². The molecule has 0 saturated carbocycles. The van der Waals surface area contributed by atoms with E-state index in [0.717, 1.165) is 16.3 Å². The molecule has 5 heteroatoms. The van der Waals surface area contributed by atoms with E-state index in [1.165, 1.54) is 11.8 Å². The molecule has 0 aliphatic rings. The summed E-state index contributed by atoms with van der Waals surface area (Å²) >= 11 is 12.3. The lowest BCUT2D eigenvalue weighted by atomic mass is 10.2. The van der Waals surface area contributed by atoms with Crippen LogP contribution >= 0.6 is 35.1 Å². The number of hydrogen-bond acceptors (Lipinski definition) is 2. The van der Waals surface area contributed by atoms with Crippen molar-refractivity contribution in [1.29, 1.82) is 5.41 Å². The predicted molar refractivity (Wildman–Crippen MR) is 59.5 cm³/mol. The molecule has 0 aliphatic heterocycles. The minimum atomic E-state index is 0.247. The van der Waals surface area contributed by atoms with Crippen LogP contribution in [0.25, 0.3) is 0 Å². The van der Waals surface area contributed by atoms with Crippen molar-refractivity contribution in [2.75, 3.05) is 0 Å². The highest BCUT2D eigenvalue weighted by Crippen LogP contribution is 2.15. The van der Waals surface area contributed by atoms with Crippen molar-refractivity contribution >= 4 is 40.3 Å². The predicted octanol–water partition coefficient (Wildman–Crippen LogP) is 3.25. The second-order valence-corrected chi connectivity index (χ2v) is 3.95. The number of thioether (sulfide) groups is 1. The zero-order valence-electron chi connectivity index (χ0n) is 6.68. The molecule has 0 heterocycles. The molecular formula is C8H8Cl2N2S. The van der Waals surface area contributed by atoms with Crippen LogP contribution in [0.2, 0.25) is 5.02 Å². The van der Waals surface area contributed by atoms with Crippen molar-refractivity contribution in [1.82, 2.24) is 4.84 Å². The van der Waals surface area contributed by atoms with E-state index in [1.54, 1.807) is 0 Å². The molecule has 1 rings (SSSR count). The van der Waals surface area contributed by atoms with Crippen molar-refractivity contribution in [3.63, 3.8) is 0 Å². The van der Waals surface area contributed by atoms with Crippen molar-refractivity contribution in [2.45, 2.75) is 5.75 Å². The topological polar surface area (TPSA) is 35.9 Å². The Hall–Kier alpha value is -0.380. The average Bonchev–Trinajstić information content (AvgIpc) is 2.16. The van der Waals surface area contributed by atoms with E-state index in [-0.39, 0.29) is 5.17 Å². The summed E-state index contributed by atoms with van der Waals surface area (Å²) in [4.78, 5) is 2.24. The van der Waals surface area contributed by atoms with E-state index in [4.69, 9.17) is 28.8 Å². The normalized spacial score (nSPS) is 9.69. The molecule has 0 aliphatic carbocycles. The third-order valence-corrected chi connectivity index (χ3v) is 2.80. The number of halogens is 2. The smallest absolute Gasteiger partial charge is 0.168 e. The molecule has 1 aromatic carbocycles. The van der Waals surface area contributed by atoms with Gasteiger partial charge in [0.1, 0.15) is 0 Å². The van der Waals surface area contributed by atoms with E-state index in [1.807, 2.05) is 24.3 Å². The van der Waals surface area contributed by atoms with Crippen LogP contribution in [0.1, 0.15) is 5.56 Å². The highest BCUT2D eigenvalue weighted by Gasteiger charge is 1.97. The van der Waals surface area contributed by atoms with E-state index < -0.39 is 0 Å². The van der Waals surface area contributed by atoms with E-state index in [0.29, 0.717) is 0 Å². The van der Waals surface area contributed by atoms with E-state index in [2.05, 4.69) is 4.84 Å². The molecule has 2 N–H and O–H groups in total. The standard InChI is InChI=1S/C8H8Cl2N2S/c9-7-3-1-6(2-4-7)5-13-8(11)12-10/h1-4H,5H2,(H2,11,12). The Morgan fingerprint density at radius 2 is 2.00 bits per heavy atom. The van der Waals surface area contributed by atoms with Gasteiger partial charge in [-0.3, -0.25) is 10.2 Å². The fourth-order valence-electron chi connectivity index (χ4n) is 0.763. The van der Waals surface area contributed by atoms with Crippen molar-refractivity contribution in [2.24, 2.45) is 0 Å². The molecule has 70 valence electrons. The lowest BCUT2D eigenvalue weighted by Gasteiger charge is -2.01. The first-order valence-electron chi connectivity index (χ1n) is 3.55. The van der Waals surface area contributed by atoms with Gasteiger partial charge in [0.2, 0.25) is 0 Å². The Bertz CT molecular complexity index is 287. The van der Waals surface area contributed by atoms with E-state index in [9.17, 15) is 0 Å². The van der Waals surface area contributed by atoms with Crippen LogP contribution in [-0.4, -0.2) is 5.17 Å². The molecule has 0 amide bonds. The van der Waals surface area contributed by atoms with Gasteiger partial charge in [0.15, 0.2) is 5.17 Å². The molecule has 0 aromatic heterocycles. The Kier molecular flexibility index (Phi) is 4.42. The minimum absolute atomic E-state index is 0.247. The van der Waals surface area contributed by atoms with Gasteiger partial charge in [-0.05, 0) is 17.7 Å². The highest BCUT2D eigenvalue weighted by atomic mass is 35.5. The summed E-state index contributed by atoms with van der Waals surface area (Å²) in [5.41, 5.74) is 1.12. The van der Waals surface area contributed by atoms with E-state index >= 15 is 0 Å². The van der Waals surface area contributed by atoms with Gasteiger partial charge in [-0.15, -0.1) is 0 Å². The van der Waals surface area contributed by atoms with Gasteiger partial charge in [0.05, 0.1) is 0 Å². The molecule has 2 nitrogen and oxygen atoms in total. The zero-order valence-corrected chi connectivity index (χ0v) is 9.01. The van der Waals surface area contributed by atoms with Gasteiger partial charge < -0.3 is 0 Å². The summed E-state index contributed by atoms with van der Waals surface area (Å²) in [6, 6.07) is 7.51. The van der Waals surface area contributed by atoms with Gasteiger partial charge in [-0.25, -0.2) is 0 Å².